The van der Waals surface area contributed by atoms with Crippen molar-refractivity contribution in [1.82, 2.24) is 15.3 Å². The van der Waals surface area contributed by atoms with Crippen LogP contribution in [-0.2, 0) is 10.2 Å². The normalized spacial score (nSPS) is 17.0. The summed E-state index contributed by atoms with van der Waals surface area (Å²) in [4.78, 5) is 21.2. The first-order valence-electron chi connectivity index (χ1n) is 9.44. The molecule has 144 valence electrons. The van der Waals surface area contributed by atoms with E-state index < -0.39 is 0 Å². The molecule has 0 radical (unpaired) electrons. The van der Waals surface area contributed by atoms with Gasteiger partial charge in [0.1, 0.15) is 5.69 Å². The van der Waals surface area contributed by atoms with Gasteiger partial charge in [-0.3, -0.25) is 4.79 Å². The number of rotatable bonds is 5. The third kappa shape index (κ3) is 5.26. The molecule has 0 spiro atoms. The van der Waals surface area contributed by atoms with Crippen LogP contribution in [0.15, 0.2) is 30.3 Å². The molecule has 27 heavy (non-hydrogen) atoms. The molecule has 1 fully saturated rings. The molecule has 0 aliphatic carbocycles. The average Bonchev–Trinajstić information content (AvgIpc) is 3.12. The first-order valence-corrected chi connectivity index (χ1v) is 9.44. The number of hydrogen-bond acceptors (Lipinski definition) is 5. The first kappa shape index (κ1) is 19.3. The van der Waals surface area contributed by atoms with E-state index in [2.05, 4.69) is 53.5 Å². The number of hydrogen-bond donors (Lipinski definition) is 2. The number of aryl methyl sites for hydroxylation is 1. The Morgan fingerprint density at radius 2 is 1.96 bits per heavy atom. The fraction of sp³-hybridized carbons (Fsp3) is 0.476. The van der Waals surface area contributed by atoms with Crippen LogP contribution in [-0.4, -0.2) is 35.1 Å². The molecule has 1 amide bonds. The Morgan fingerprint density at radius 1 is 1.22 bits per heavy atom. The molecule has 6 heteroatoms. The summed E-state index contributed by atoms with van der Waals surface area (Å²) in [5, 5.41) is 6.09. The van der Waals surface area contributed by atoms with Crippen LogP contribution in [0.4, 0.5) is 11.6 Å². The number of aromatic nitrogens is 2. The van der Waals surface area contributed by atoms with Gasteiger partial charge in [-0.25, -0.2) is 9.97 Å². The summed E-state index contributed by atoms with van der Waals surface area (Å²) in [6, 6.07) is 9.88. The first-order chi connectivity index (χ1) is 12.8. The van der Waals surface area contributed by atoms with Crippen LogP contribution in [0, 0.1) is 6.92 Å². The van der Waals surface area contributed by atoms with Gasteiger partial charge in [-0.15, -0.1) is 0 Å². The third-order valence-corrected chi connectivity index (χ3v) is 4.61. The molecule has 2 N–H and O–H groups in total. The van der Waals surface area contributed by atoms with Gasteiger partial charge >= 0.3 is 0 Å². The zero-order chi connectivity index (χ0) is 19.4. The Kier molecular flexibility index (Phi) is 5.75. The summed E-state index contributed by atoms with van der Waals surface area (Å²) < 4.78 is 5.54. The largest absolute Gasteiger partial charge is 0.376 e. The van der Waals surface area contributed by atoms with E-state index in [1.54, 1.807) is 6.07 Å². The maximum absolute atomic E-state index is 12.4. The molecule has 0 bridgehead atoms. The Morgan fingerprint density at radius 3 is 2.59 bits per heavy atom. The topological polar surface area (TPSA) is 76.1 Å². The van der Waals surface area contributed by atoms with E-state index >= 15 is 0 Å². The molecule has 1 unspecified atom stereocenters. The third-order valence-electron chi connectivity index (χ3n) is 4.61. The lowest BCUT2D eigenvalue weighted by molar-refractivity contribution is 0.0853. The van der Waals surface area contributed by atoms with Gasteiger partial charge in [0.05, 0.1) is 6.10 Å². The number of ether oxygens (including phenoxy) is 1. The van der Waals surface area contributed by atoms with Crippen LogP contribution < -0.4 is 10.6 Å². The number of carbonyl (C=O) groups excluding carboxylic acids is 1. The second kappa shape index (κ2) is 8.05. The molecule has 1 aromatic heterocycles. The second-order valence-electron chi connectivity index (χ2n) is 8.02. The highest BCUT2D eigenvalue weighted by Crippen LogP contribution is 2.24. The van der Waals surface area contributed by atoms with Crippen molar-refractivity contribution in [2.45, 2.75) is 52.1 Å². The standard InChI is InChI=1S/C21H28N4O2/c1-14-12-18(19(26)22-13-17-6-5-11-27-17)25-20(23-14)24-16-9-7-15(8-10-16)21(2,3)4/h7-10,12,17H,5-6,11,13H2,1-4H3,(H,22,26)(H,23,24,25). The Labute approximate surface area is 160 Å². The molecular weight excluding hydrogens is 340 g/mol. The minimum atomic E-state index is -0.206. The summed E-state index contributed by atoms with van der Waals surface area (Å²) in [5.41, 5.74) is 3.34. The Balaban J connectivity index is 1.68. The van der Waals surface area contributed by atoms with Crippen molar-refractivity contribution >= 4 is 17.5 Å². The molecule has 2 aromatic rings. The van der Waals surface area contributed by atoms with E-state index in [1.807, 2.05) is 19.1 Å². The van der Waals surface area contributed by atoms with Crippen molar-refractivity contribution in [2.24, 2.45) is 0 Å². The van der Waals surface area contributed by atoms with Gasteiger partial charge < -0.3 is 15.4 Å². The lowest BCUT2D eigenvalue weighted by Crippen LogP contribution is -2.32. The number of anilines is 2. The summed E-state index contributed by atoms with van der Waals surface area (Å²) in [6.45, 7) is 9.68. The van der Waals surface area contributed by atoms with Gasteiger partial charge in [-0.2, -0.15) is 0 Å². The summed E-state index contributed by atoms with van der Waals surface area (Å²) >= 11 is 0. The highest BCUT2D eigenvalue weighted by Gasteiger charge is 2.18. The van der Waals surface area contributed by atoms with E-state index in [1.165, 1.54) is 5.56 Å². The van der Waals surface area contributed by atoms with Gasteiger partial charge in [0.2, 0.25) is 5.95 Å². The number of nitrogens with zero attached hydrogens (tertiary/aromatic N) is 2. The Bertz CT molecular complexity index is 791. The molecule has 1 aliphatic heterocycles. The average molecular weight is 368 g/mol. The van der Waals surface area contributed by atoms with Crippen molar-refractivity contribution in [3.05, 3.63) is 47.3 Å². The molecule has 1 saturated heterocycles. The van der Waals surface area contributed by atoms with E-state index in [4.69, 9.17) is 4.74 Å². The van der Waals surface area contributed by atoms with Crippen molar-refractivity contribution in [3.8, 4) is 0 Å². The SMILES string of the molecule is Cc1cc(C(=O)NCC2CCCO2)nc(Nc2ccc(C(C)(C)C)cc2)n1. The van der Waals surface area contributed by atoms with Gasteiger partial charge in [-0.05, 0) is 48.9 Å². The van der Waals surface area contributed by atoms with E-state index in [9.17, 15) is 4.79 Å². The van der Waals surface area contributed by atoms with Gasteiger partial charge in [0.15, 0.2) is 0 Å². The predicted octanol–water partition coefficient (Wildman–Crippen LogP) is 3.73. The molecule has 1 aliphatic rings. The Hall–Kier alpha value is -2.47. The second-order valence-corrected chi connectivity index (χ2v) is 8.02. The maximum atomic E-state index is 12.4. The maximum Gasteiger partial charge on any atom is 0.270 e. The van der Waals surface area contributed by atoms with Crippen LogP contribution in [0.25, 0.3) is 0 Å². The number of benzene rings is 1. The van der Waals surface area contributed by atoms with Crippen molar-refractivity contribution in [1.29, 1.82) is 0 Å². The molecule has 3 rings (SSSR count). The molecule has 1 aromatic carbocycles. The number of carbonyl (C=O) groups is 1. The van der Waals surface area contributed by atoms with Gasteiger partial charge in [0, 0.05) is 24.5 Å². The van der Waals surface area contributed by atoms with Crippen LogP contribution in [0.2, 0.25) is 0 Å². The van der Waals surface area contributed by atoms with Gasteiger partial charge in [0.25, 0.3) is 5.91 Å². The summed E-state index contributed by atoms with van der Waals surface area (Å²) in [6.07, 6.45) is 2.14. The fourth-order valence-corrected chi connectivity index (χ4v) is 3.03. The monoisotopic (exact) mass is 368 g/mol. The van der Waals surface area contributed by atoms with E-state index in [-0.39, 0.29) is 17.4 Å². The van der Waals surface area contributed by atoms with Crippen LogP contribution in [0.1, 0.15) is 55.4 Å². The minimum Gasteiger partial charge on any atom is -0.376 e. The molecule has 6 nitrogen and oxygen atoms in total. The van der Waals surface area contributed by atoms with E-state index in [0.29, 0.717) is 18.2 Å². The summed E-state index contributed by atoms with van der Waals surface area (Å²) in [5.74, 6) is 0.211. The van der Waals surface area contributed by atoms with Crippen LogP contribution in [0.5, 0.6) is 0 Å². The van der Waals surface area contributed by atoms with Crippen molar-refractivity contribution in [3.63, 3.8) is 0 Å². The highest BCUT2D eigenvalue weighted by molar-refractivity contribution is 5.92. The zero-order valence-electron chi connectivity index (χ0n) is 16.5. The van der Waals surface area contributed by atoms with E-state index in [0.717, 1.165) is 30.8 Å². The van der Waals surface area contributed by atoms with Crippen molar-refractivity contribution < 1.29 is 9.53 Å². The van der Waals surface area contributed by atoms with Gasteiger partial charge in [-0.1, -0.05) is 32.9 Å². The van der Waals surface area contributed by atoms with Crippen molar-refractivity contribution in [2.75, 3.05) is 18.5 Å². The highest BCUT2D eigenvalue weighted by atomic mass is 16.5. The number of nitrogens with one attached hydrogen (secondary N) is 2. The lowest BCUT2D eigenvalue weighted by atomic mass is 9.87. The van der Waals surface area contributed by atoms with Crippen LogP contribution in [0.3, 0.4) is 0 Å². The summed E-state index contributed by atoms with van der Waals surface area (Å²) in [7, 11) is 0. The fourth-order valence-electron chi connectivity index (χ4n) is 3.03. The number of amides is 1. The van der Waals surface area contributed by atoms with Crippen LogP contribution >= 0.6 is 0 Å². The molecule has 1 atom stereocenters. The zero-order valence-corrected chi connectivity index (χ0v) is 16.5. The molecule has 2 heterocycles. The molecular formula is C21H28N4O2. The smallest absolute Gasteiger partial charge is 0.270 e. The minimum absolute atomic E-state index is 0.104. The molecule has 0 saturated carbocycles. The lowest BCUT2D eigenvalue weighted by Gasteiger charge is -2.19. The quantitative estimate of drug-likeness (QED) is 0.841. The predicted molar refractivity (Wildman–Crippen MR) is 107 cm³/mol.